The molecule has 0 unspecified atom stereocenters. The molecule has 0 spiro atoms. The molecule has 0 aliphatic heterocycles. The lowest BCUT2D eigenvalue weighted by Gasteiger charge is -2.19. The number of nitrogens with one attached hydrogen (secondary N) is 1. The number of carbonyl (C=O) groups is 2. The van der Waals surface area contributed by atoms with E-state index in [0.29, 0.717) is 24.8 Å². The number of hydrogen-bond donors (Lipinski definition) is 1. The Hall–Kier alpha value is -1.92. The molecule has 1 N–H and O–H groups in total. The summed E-state index contributed by atoms with van der Waals surface area (Å²) in [6, 6.07) is 0. The first-order chi connectivity index (χ1) is 10.3. The molecule has 0 saturated heterocycles. The van der Waals surface area contributed by atoms with E-state index in [0.717, 1.165) is 18.7 Å². The molecule has 2 rings (SSSR count). The maximum Gasteiger partial charge on any atom is 0.306 e. The van der Waals surface area contributed by atoms with Crippen LogP contribution in [0.3, 0.4) is 0 Å². The van der Waals surface area contributed by atoms with Gasteiger partial charge in [0.25, 0.3) is 0 Å². The molecule has 1 fully saturated rings. The molecule has 0 aromatic carbocycles. The number of rotatable bonds is 7. The lowest BCUT2D eigenvalue weighted by atomic mass is 10.2. The zero-order valence-corrected chi connectivity index (χ0v) is 13.3. The minimum atomic E-state index is -0.523. The van der Waals surface area contributed by atoms with E-state index in [4.69, 9.17) is 9.26 Å². The van der Waals surface area contributed by atoms with Crippen LogP contribution in [0.1, 0.15) is 64.1 Å². The van der Waals surface area contributed by atoms with E-state index >= 15 is 0 Å². The summed E-state index contributed by atoms with van der Waals surface area (Å²) in [7, 11) is 0. The van der Waals surface area contributed by atoms with Gasteiger partial charge in [-0.05, 0) is 33.6 Å². The van der Waals surface area contributed by atoms with Crippen LogP contribution >= 0.6 is 0 Å². The van der Waals surface area contributed by atoms with Gasteiger partial charge in [-0.3, -0.25) is 9.59 Å². The zero-order valence-electron chi connectivity index (χ0n) is 13.3. The summed E-state index contributed by atoms with van der Waals surface area (Å²) in [5, 5.41) is 6.64. The second-order valence-corrected chi connectivity index (χ2v) is 6.51. The monoisotopic (exact) mass is 309 g/mol. The SMILES string of the molecule is CC(C)(C)OC(=O)CCC(=O)NCCc1nc(C2CC2)no1. The first-order valence-corrected chi connectivity index (χ1v) is 7.64. The molecule has 0 bridgehead atoms. The molecule has 0 radical (unpaired) electrons. The molecule has 1 heterocycles. The van der Waals surface area contributed by atoms with Crippen LogP contribution in [-0.2, 0) is 20.7 Å². The number of hydrogen-bond acceptors (Lipinski definition) is 6. The van der Waals surface area contributed by atoms with Gasteiger partial charge in [0.2, 0.25) is 11.8 Å². The third-order valence-electron chi connectivity index (χ3n) is 3.06. The third-order valence-corrected chi connectivity index (χ3v) is 3.06. The summed E-state index contributed by atoms with van der Waals surface area (Å²) >= 11 is 0. The van der Waals surface area contributed by atoms with Crippen LogP contribution in [0.25, 0.3) is 0 Å². The van der Waals surface area contributed by atoms with Crippen LogP contribution in [0.15, 0.2) is 4.52 Å². The van der Waals surface area contributed by atoms with Crippen molar-refractivity contribution in [1.82, 2.24) is 15.5 Å². The molecule has 1 aliphatic rings. The first kappa shape index (κ1) is 16.5. The highest BCUT2D eigenvalue weighted by Gasteiger charge is 2.28. The van der Waals surface area contributed by atoms with Gasteiger partial charge in [-0.15, -0.1) is 0 Å². The number of carbonyl (C=O) groups excluding carboxylic acids is 2. The van der Waals surface area contributed by atoms with Gasteiger partial charge < -0.3 is 14.6 Å². The maximum atomic E-state index is 11.6. The average Bonchev–Trinajstić information content (AvgIpc) is 3.15. The molecule has 122 valence electrons. The molecule has 1 saturated carbocycles. The predicted molar refractivity (Wildman–Crippen MR) is 78.1 cm³/mol. The van der Waals surface area contributed by atoms with Crippen LogP contribution in [0.2, 0.25) is 0 Å². The summed E-state index contributed by atoms with van der Waals surface area (Å²) < 4.78 is 10.3. The summed E-state index contributed by atoms with van der Waals surface area (Å²) in [5.74, 6) is 1.21. The van der Waals surface area contributed by atoms with Gasteiger partial charge in [-0.25, -0.2) is 0 Å². The average molecular weight is 309 g/mol. The fourth-order valence-corrected chi connectivity index (χ4v) is 1.88. The van der Waals surface area contributed by atoms with Crippen LogP contribution in [0, 0.1) is 0 Å². The van der Waals surface area contributed by atoms with Gasteiger partial charge in [0, 0.05) is 25.3 Å². The second kappa shape index (κ2) is 6.89. The Kier molecular flexibility index (Phi) is 5.15. The molecular formula is C15H23N3O4. The van der Waals surface area contributed by atoms with Crippen LogP contribution in [0.4, 0.5) is 0 Å². The summed E-state index contributed by atoms with van der Waals surface area (Å²) in [6.45, 7) is 5.81. The molecule has 7 heteroatoms. The Morgan fingerprint density at radius 1 is 1.32 bits per heavy atom. The van der Waals surface area contributed by atoms with Crippen molar-refractivity contribution in [1.29, 1.82) is 0 Å². The van der Waals surface area contributed by atoms with Gasteiger partial charge in [0.05, 0.1) is 6.42 Å². The smallest absolute Gasteiger partial charge is 0.306 e. The molecule has 1 aliphatic carbocycles. The topological polar surface area (TPSA) is 94.3 Å². The highest BCUT2D eigenvalue weighted by Crippen LogP contribution is 2.38. The number of esters is 1. The van der Waals surface area contributed by atoms with Gasteiger partial charge in [0.15, 0.2) is 5.82 Å². The summed E-state index contributed by atoms with van der Waals surface area (Å²) in [6.07, 6.45) is 2.94. The van der Waals surface area contributed by atoms with Gasteiger partial charge >= 0.3 is 5.97 Å². The van der Waals surface area contributed by atoms with Crippen molar-refractivity contribution < 1.29 is 18.8 Å². The molecule has 0 atom stereocenters. The van der Waals surface area contributed by atoms with Crippen molar-refractivity contribution in [2.75, 3.05) is 6.54 Å². The normalized spacial score (nSPS) is 14.7. The number of aromatic nitrogens is 2. The van der Waals surface area contributed by atoms with E-state index in [1.807, 2.05) is 0 Å². The largest absolute Gasteiger partial charge is 0.460 e. The lowest BCUT2D eigenvalue weighted by Crippen LogP contribution is -2.28. The van der Waals surface area contributed by atoms with E-state index in [2.05, 4.69) is 15.5 Å². The van der Waals surface area contributed by atoms with Crippen molar-refractivity contribution >= 4 is 11.9 Å². The fraction of sp³-hybridized carbons (Fsp3) is 0.733. The minimum Gasteiger partial charge on any atom is -0.460 e. The van der Waals surface area contributed by atoms with Crippen molar-refractivity contribution in [2.45, 2.75) is 64.4 Å². The van der Waals surface area contributed by atoms with E-state index in [9.17, 15) is 9.59 Å². The lowest BCUT2D eigenvalue weighted by molar-refractivity contribution is -0.155. The van der Waals surface area contributed by atoms with Crippen LogP contribution in [0.5, 0.6) is 0 Å². The number of ether oxygens (including phenoxy) is 1. The second-order valence-electron chi connectivity index (χ2n) is 6.51. The molecule has 7 nitrogen and oxygen atoms in total. The van der Waals surface area contributed by atoms with E-state index in [1.165, 1.54) is 0 Å². The Morgan fingerprint density at radius 3 is 2.68 bits per heavy atom. The van der Waals surface area contributed by atoms with Crippen LogP contribution < -0.4 is 5.32 Å². The van der Waals surface area contributed by atoms with E-state index in [-0.39, 0.29) is 24.7 Å². The standard InChI is InChI=1S/C15H23N3O4/c1-15(2,3)21-13(20)7-6-11(19)16-9-8-12-17-14(18-22-12)10-4-5-10/h10H,4-9H2,1-3H3,(H,16,19). The molecule has 1 aromatic heterocycles. The van der Waals surface area contributed by atoms with Gasteiger partial charge in [-0.2, -0.15) is 4.98 Å². The van der Waals surface area contributed by atoms with Crippen molar-refractivity contribution in [3.8, 4) is 0 Å². The van der Waals surface area contributed by atoms with Crippen molar-refractivity contribution in [3.63, 3.8) is 0 Å². The first-order valence-electron chi connectivity index (χ1n) is 7.64. The van der Waals surface area contributed by atoms with Gasteiger partial charge in [-0.1, -0.05) is 5.16 Å². The molecule has 22 heavy (non-hydrogen) atoms. The highest BCUT2D eigenvalue weighted by molar-refractivity contribution is 5.81. The quantitative estimate of drug-likeness (QED) is 0.771. The number of amides is 1. The maximum absolute atomic E-state index is 11.6. The summed E-state index contributed by atoms with van der Waals surface area (Å²) in [5.41, 5.74) is -0.523. The minimum absolute atomic E-state index is 0.0789. The Labute approximate surface area is 129 Å². The fourth-order valence-electron chi connectivity index (χ4n) is 1.88. The van der Waals surface area contributed by atoms with E-state index in [1.54, 1.807) is 20.8 Å². The zero-order chi connectivity index (χ0) is 16.2. The Bertz CT molecular complexity index is 529. The molecule has 1 amide bonds. The van der Waals surface area contributed by atoms with Crippen molar-refractivity contribution in [3.05, 3.63) is 11.7 Å². The Balaban J connectivity index is 1.60. The van der Waals surface area contributed by atoms with E-state index < -0.39 is 5.60 Å². The molecular weight excluding hydrogens is 286 g/mol. The summed E-state index contributed by atoms with van der Waals surface area (Å²) in [4.78, 5) is 27.4. The molecule has 1 aromatic rings. The van der Waals surface area contributed by atoms with Crippen molar-refractivity contribution in [2.24, 2.45) is 0 Å². The number of nitrogens with zero attached hydrogens (tertiary/aromatic N) is 2. The predicted octanol–water partition coefficient (Wildman–Crippen LogP) is 1.73. The third kappa shape index (κ3) is 5.83. The van der Waals surface area contributed by atoms with Gasteiger partial charge in [0.1, 0.15) is 5.60 Å². The highest BCUT2D eigenvalue weighted by atomic mass is 16.6. The Morgan fingerprint density at radius 2 is 2.05 bits per heavy atom. The van der Waals surface area contributed by atoms with Crippen LogP contribution in [-0.4, -0.2) is 34.2 Å².